The fourth-order valence-corrected chi connectivity index (χ4v) is 2.03. The Morgan fingerprint density at radius 2 is 2.06 bits per heavy atom. The smallest absolute Gasteiger partial charge is 0.305 e. The first-order valence-electron chi connectivity index (χ1n) is 6.46. The average Bonchev–Trinajstić information content (AvgIpc) is 2.30. The van der Waals surface area contributed by atoms with Crippen LogP contribution in [0.3, 0.4) is 0 Å². The normalized spacial score (nSPS) is 19.4. The number of aliphatic carboxylic acids is 1. The molecule has 1 fully saturated rings. The number of piperidine rings is 1. The molecule has 1 unspecified atom stereocenters. The molecule has 1 saturated heterocycles. The summed E-state index contributed by atoms with van der Waals surface area (Å²) in [5.41, 5.74) is 5.45. The van der Waals surface area contributed by atoms with Crippen molar-refractivity contribution in [1.29, 1.82) is 0 Å². The first-order valence-corrected chi connectivity index (χ1v) is 6.46. The van der Waals surface area contributed by atoms with Crippen molar-refractivity contribution in [3.63, 3.8) is 0 Å². The van der Waals surface area contributed by atoms with Gasteiger partial charge in [-0.05, 0) is 31.8 Å². The summed E-state index contributed by atoms with van der Waals surface area (Å²) in [5.74, 6) is -0.648. The van der Waals surface area contributed by atoms with Gasteiger partial charge in [0, 0.05) is 13.1 Å². The van der Waals surface area contributed by atoms with Crippen molar-refractivity contribution >= 4 is 11.9 Å². The molecular formula is C12H23N3O3. The number of hydrogen-bond acceptors (Lipinski definition) is 4. The van der Waals surface area contributed by atoms with Gasteiger partial charge in [-0.1, -0.05) is 6.92 Å². The first kappa shape index (κ1) is 14.9. The molecule has 1 rings (SSSR count). The van der Waals surface area contributed by atoms with Gasteiger partial charge in [0.15, 0.2) is 0 Å². The summed E-state index contributed by atoms with van der Waals surface area (Å²) in [4.78, 5) is 24.2. The van der Waals surface area contributed by atoms with E-state index in [9.17, 15) is 9.59 Å². The molecule has 6 nitrogen and oxygen atoms in total. The molecule has 0 aromatic heterocycles. The van der Waals surface area contributed by atoms with E-state index in [1.165, 1.54) is 12.8 Å². The van der Waals surface area contributed by atoms with E-state index in [4.69, 9.17) is 10.8 Å². The highest BCUT2D eigenvalue weighted by Gasteiger charge is 2.18. The van der Waals surface area contributed by atoms with Crippen molar-refractivity contribution < 1.29 is 14.7 Å². The quantitative estimate of drug-likeness (QED) is 0.604. The lowest BCUT2D eigenvalue weighted by atomic mass is 9.99. The van der Waals surface area contributed by atoms with Gasteiger partial charge in [-0.15, -0.1) is 0 Å². The predicted molar refractivity (Wildman–Crippen MR) is 68.1 cm³/mol. The molecule has 0 aromatic rings. The molecule has 0 saturated carbocycles. The van der Waals surface area contributed by atoms with E-state index in [-0.39, 0.29) is 12.3 Å². The van der Waals surface area contributed by atoms with Gasteiger partial charge in [0.05, 0.1) is 12.5 Å². The topological polar surface area (TPSA) is 95.7 Å². The molecule has 1 aliphatic heterocycles. The molecular weight excluding hydrogens is 234 g/mol. The minimum atomic E-state index is -1.05. The molecule has 18 heavy (non-hydrogen) atoms. The molecule has 1 amide bonds. The lowest BCUT2D eigenvalue weighted by molar-refractivity contribution is -0.139. The Labute approximate surface area is 108 Å². The maximum atomic E-state index is 11.5. The molecule has 0 spiro atoms. The highest BCUT2D eigenvalue weighted by atomic mass is 16.4. The number of rotatable bonds is 6. The van der Waals surface area contributed by atoms with E-state index < -0.39 is 12.0 Å². The number of amides is 1. The maximum absolute atomic E-state index is 11.5. The molecule has 0 aliphatic carbocycles. The second-order valence-corrected chi connectivity index (χ2v) is 5.02. The van der Waals surface area contributed by atoms with Crippen molar-refractivity contribution in [2.24, 2.45) is 11.7 Å². The Kier molecular flexibility index (Phi) is 6.07. The third-order valence-corrected chi connectivity index (χ3v) is 3.33. The van der Waals surface area contributed by atoms with E-state index >= 15 is 0 Å². The fraction of sp³-hybridized carbons (Fsp3) is 0.833. The molecule has 4 N–H and O–H groups in total. The largest absolute Gasteiger partial charge is 0.481 e. The number of nitrogens with one attached hydrogen (secondary N) is 1. The zero-order chi connectivity index (χ0) is 13.5. The van der Waals surface area contributed by atoms with E-state index in [2.05, 4.69) is 17.1 Å². The van der Waals surface area contributed by atoms with E-state index in [0.29, 0.717) is 6.54 Å². The van der Waals surface area contributed by atoms with Crippen molar-refractivity contribution in [2.45, 2.75) is 32.2 Å². The van der Waals surface area contributed by atoms with Gasteiger partial charge in [0.2, 0.25) is 5.91 Å². The number of carbonyl (C=O) groups excluding carboxylic acids is 1. The second-order valence-electron chi connectivity index (χ2n) is 5.02. The molecule has 0 bridgehead atoms. The molecule has 0 aromatic carbocycles. The number of carboxylic acids is 1. The Balaban J connectivity index is 2.13. The zero-order valence-electron chi connectivity index (χ0n) is 10.9. The van der Waals surface area contributed by atoms with Gasteiger partial charge >= 0.3 is 5.97 Å². The summed E-state index contributed by atoms with van der Waals surface area (Å²) >= 11 is 0. The predicted octanol–water partition coefficient (Wildman–Crippen LogP) is -0.363. The Bertz CT molecular complexity index is 288. The van der Waals surface area contributed by atoms with Crippen molar-refractivity contribution in [1.82, 2.24) is 10.2 Å². The van der Waals surface area contributed by atoms with Gasteiger partial charge in [-0.2, -0.15) is 0 Å². The first-order chi connectivity index (χ1) is 8.49. The van der Waals surface area contributed by atoms with Crippen LogP contribution in [-0.2, 0) is 9.59 Å². The van der Waals surface area contributed by atoms with Crippen molar-refractivity contribution in [3.8, 4) is 0 Å². The highest BCUT2D eigenvalue weighted by Crippen LogP contribution is 2.14. The molecule has 0 radical (unpaired) electrons. The van der Waals surface area contributed by atoms with Crippen LogP contribution in [0.5, 0.6) is 0 Å². The van der Waals surface area contributed by atoms with Crippen LogP contribution >= 0.6 is 0 Å². The summed E-state index contributed by atoms with van der Waals surface area (Å²) in [6, 6.07) is -0.955. The number of carbonyl (C=O) groups is 2. The second kappa shape index (κ2) is 7.33. The number of hydrogen-bond donors (Lipinski definition) is 3. The van der Waals surface area contributed by atoms with Gasteiger partial charge < -0.3 is 21.1 Å². The zero-order valence-corrected chi connectivity index (χ0v) is 10.9. The van der Waals surface area contributed by atoms with Crippen LogP contribution in [0.15, 0.2) is 0 Å². The van der Waals surface area contributed by atoms with Gasteiger partial charge in [0.1, 0.15) is 0 Å². The van der Waals surface area contributed by atoms with Gasteiger partial charge in [0.25, 0.3) is 0 Å². The van der Waals surface area contributed by atoms with Crippen LogP contribution in [-0.4, -0.2) is 54.1 Å². The summed E-state index contributed by atoms with van der Waals surface area (Å²) in [6.07, 6.45) is 2.08. The number of nitrogens with two attached hydrogens (primary N) is 1. The highest BCUT2D eigenvalue weighted by molar-refractivity contribution is 5.85. The van der Waals surface area contributed by atoms with Crippen LogP contribution in [0.2, 0.25) is 0 Å². The van der Waals surface area contributed by atoms with Gasteiger partial charge in [-0.3, -0.25) is 9.59 Å². The van der Waals surface area contributed by atoms with Crippen LogP contribution in [0.25, 0.3) is 0 Å². The lowest BCUT2D eigenvalue weighted by Gasteiger charge is -2.30. The summed E-state index contributed by atoms with van der Waals surface area (Å²) < 4.78 is 0. The van der Waals surface area contributed by atoms with Gasteiger partial charge in [-0.25, -0.2) is 0 Å². The average molecular weight is 257 g/mol. The van der Waals surface area contributed by atoms with E-state index in [1.54, 1.807) is 0 Å². The molecule has 1 aliphatic rings. The van der Waals surface area contributed by atoms with Crippen LogP contribution < -0.4 is 11.1 Å². The Morgan fingerprint density at radius 3 is 2.61 bits per heavy atom. The minimum Gasteiger partial charge on any atom is -0.481 e. The summed E-state index contributed by atoms with van der Waals surface area (Å²) in [7, 11) is 0. The number of nitrogens with zero attached hydrogens (tertiary/aromatic N) is 1. The third kappa shape index (κ3) is 5.46. The standard InChI is InChI=1S/C12H23N3O3/c1-9-2-5-15(6-3-9)7-4-14-12(18)10(13)8-11(16)17/h9-10H,2-8,13H2,1H3,(H,14,18)(H,16,17). The number of likely N-dealkylation sites (tertiary alicyclic amines) is 1. The SMILES string of the molecule is CC1CCN(CCNC(=O)C(N)CC(=O)O)CC1. The van der Waals surface area contributed by atoms with Crippen LogP contribution in [0.4, 0.5) is 0 Å². The monoisotopic (exact) mass is 257 g/mol. The minimum absolute atomic E-state index is 0.326. The Morgan fingerprint density at radius 1 is 1.44 bits per heavy atom. The molecule has 6 heteroatoms. The summed E-state index contributed by atoms with van der Waals surface area (Å²) in [6.45, 7) is 5.72. The molecule has 104 valence electrons. The Hall–Kier alpha value is -1.14. The van der Waals surface area contributed by atoms with Crippen LogP contribution in [0, 0.1) is 5.92 Å². The van der Waals surface area contributed by atoms with Crippen LogP contribution in [0.1, 0.15) is 26.2 Å². The lowest BCUT2D eigenvalue weighted by Crippen LogP contribution is -2.45. The number of carboxylic acid groups (broad SMARTS) is 1. The van der Waals surface area contributed by atoms with E-state index in [0.717, 1.165) is 25.6 Å². The van der Waals surface area contributed by atoms with Crippen molar-refractivity contribution in [3.05, 3.63) is 0 Å². The summed E-state index contributed by atoms with van der Waals surface area (Å²) in [5, 5.41) is 11.2. The fourth-order valence-electron chi connectivity index (χ4n) is 2.03. The third-order valence-electron chi connectivity index (χ3n) is 3.33. The van der Waals surface area contributed by atoms with E-state index in [1.807, 2.05) is 0 Å². The molecule has 1 heterocycles. The maximum Gasteiger partial charge on any atom is 0.305 e. The molecule has 1 atom stereocenters. The van der Waals surface area contributed by atoms with Crippen molar-refractivity contribution in [2.75, 3.05) is 26.2 Å².